The summed E-state index contributed by atoms with van der Waals surface area (Å²) in [6.45, 7) is 4.54. The van der Waals surface area contributed by atoms with E-state index in [0.29, 0.717) is 50.7 Å². The molecule has 2 N–H and O–H groups in total. The molecule has 0 unspecified atom stereocenters. The van der Waals surface area contributed by atoms with Crippen LogP contribution < -0.4 is 5.32 Å². The molecule has 3 heterocycles. The van der Waals surface area contributed by atoms with Crippen LogP contribution in [0.25, 0.3) is 0 Å². The number of nitrogens with zero attached hydrogens (tertiary/aromatic N) is 2. The zero-order chi connectivity index (χ0) is 23.1. The molecule has 1 aromatic rings. The summed E-state index contributed by atoms with van der Waals surface area (Å²) in [5, 5.41) is 13.7. The van der Waals surface area contributed by atoms with Gasteiger partial charge in [-0.3, -0.25) is 14.5 Å². The number of carbonyl (C=O) groups is 3. The number of likely N-dealkylation sites (N-methyl/N-ethyl adjacent to an activating group) is 1. The van der Waals surface area contributed by atoms with Crippen LogP contribution in [0.4, 0.5) is 4.79 Å². The Labute approximate surface area is 192 Å². The molecule has 2 atom stereocenters. The number of amides is 2. The number of Topliss-reactive ketones (excluding diaryl/α,β-unsaturated/α-hetero) is 1. The van der Waals surface area contributed by atoms with Gasteiger partial charge < -0.3 is 20.1 Å². The number of benzene rings is 1. The zero-order valence-corrected chi connectivity index (χ0v) is 19.2. The minimum absolute atomic E-state index is 0.0716. The second kappa shape index (κ2) is 8.65. The third-order valence-electron chi connectivity index (χ3n) is 7.41. The highest BCUT2D eigenvalue weighted by molar-refractivity contribution is 6.30. The molecular formula is C23H30ClN3O5. The minimum atomic E-state index is -1.20. The molecule has 1 aromatic carbocycles. The van der Waals surface area contributed by atoms with Crippen molar-refractivity contribution in [2.45, 2.75) is 31.2 Å². The van der Waals surface area contributed by atoms with E-state index in [9.17, 15) is 19.5 Å². The van der Waals surface area contributed by atoms with E-state index in [4.69, 9.17) is 16.3 Å². The molecule has 0 saturated carbocycles. The Morgan fingerprint density at radius 1 is 1.19 bits per heavy atom. The van der Waals surface area contributed by atoms with E-state index in [1.54, 1.807) is 12.1 Å². The quantitative estimate of drug-likeness (QED) is 0.694. The van der Waals surface area contributed by atoms with E-state index < -0.39 is 17.0 Å². The number of nitrogens with one attached hydrogen (secondary N) is 1. The van der Waals surface area contributed by atoms with Gasteiger partial charge in [0.15, 0.2) is 5.78 Å². The third kappa shape index (κ3) is 3.78. The van der Waals surface area contributed by atoms with E-state index >= 15 is 0 Å². The summed E-state index contributed by atoms with van der Waals surface area (Å²) in [5.74, 6) is -0.619. The number of piperidine rings is 1. The Balaban J connectivity index is 1.56. The van der Waals surface area contributed by atoms with Crippen molar-refractivity contribution in [2.75, 3.05) is 46.4 Å². The second-order valence-electron chi connectivity index (χ2n) is 9.49. The number of ketones is 1. The predicted molar refractivity (Wildman–Crippen MR) is 119 cm³/mol. The van der Waals surface area contributed by atoms with Crippen molar-refractivity contribution in [1.82, 2.24) is 15.1 Å². The van der Waals surface area contributed by atoms with Crippen LogP contribution in [0.1, 0.15) is 31.2 Å². The van der Waals surface area contributed by atoms with Gasteiger partial charge in [-0.05, 0) is 37.5 Å². The highest BCUT2D eigenvalue weighted by Gasteiger charge is 2.56. The first kappa shape index (κ1) is 23.0. The molecule has 3 aliphatic rings. The van der Waals surface area contributed by atoms with E-state index in [-0.39, 0.29) is 30.1 Å². The number of carbonyl (C=O) groups excluding carboxylic acids is 2. The largest absolute Gasteiger partial charge is 0.465 e. The highest BCUT2D eigenvalue weighted by Crippen LogP contribution is 2.41. The van der Waals surface area contributed by atoms with Crippen molar-refractivity contribution in [3.63, 3.8) is 0 Å². The molecule has 9 heteroatoms. The second-order valence-corrected chi connectivity index (χ2v) is 9.92. The van der Waals surface area contributed by atoms with Gasteiger partial charge >= 0.3 is 6.09 Å². The van der Waals surface area contributed by atoms with E-state index in [0.717, 1.165) is 5.56 Å². The van der Waals surface area contributed by atoms with Gasteiger partial charge in [0.25, 0.3) is 0 Å². The SMILES string of the molecule is CN(C(=O)O)[C@]1(C(=O)C2CCN(C(=O)C3(C)COC3)CC2)CNC[C@H]1c1ccc(Cl)cc1. The molecule has 3 fully saturated rings. The van der Waals surface area contributed by atoms with Gasteiger partial charge in [0, 0.05) is 50.1 Å². The number of ether oxygens (including phenoxy) is 1. The Kier molecular flexibility index (Phi) is 6.22. The van der Waals surface area contributed by atoms with E-state index in [1.807, 2.05) is 24.0 Å². The monoisotopic (exact) mass is 463 g/mol. The fourth-order valence-electron chi connectivity index (χ4n) is 5.35. The lowest BCUT2D eigenvalue weighted by Gasteiger charge is -2.45. The lowest BCUT2D eigenvalue weighted by molar-refractivity contribution is -0.170. The van der Waals surface area contributed by atoms with Gasteiger partial charge in [0.1, 0.15) is 5.54 Å². The van der Waals surface area contributed by atoms with Crippen LogP contribution in [0.3, 0.4) is 0 Å². The van der Waals surface area contributed by atoms with Crippen LogP contribution in [-0.4, -0.2) is 84.7 Å². The Morgan fingerprint density at radius 2 is 1.81 bits per heavy atom. The highest BCUT2D eigenvalue weighted by atomic mass is 35.5. The Hall–Kier alpha value is -2.16. The average Bonchev–Trinajstić information content (AvgIpc) is 3.22. The molecule has 32 heavy (non-hydrogen) atoms. The third-order valence-corrected chi connectivity index (χ3v) is 7.67. The molecule has 3 saturated heterocycles. The molecule has 4 rings (SSSR count). The number of likely N-dealkylation sites (tertiary alicyclic amines) is 1. The van der Waals surface area contributed by atoms with Crippen LogP contribution in [-0.2, 0) is 14.3 Å². The topological polar surface area (TPSA) is 99.2 Å². The van der Waals surface area contributed by atoms with Crippen LogP contribution in [0.2, 0.25) is 5.02 Å². The molecule has 2 amide bonds. The molecule has 0 radical (unpaired) electrons. The van der Waals surface area contributed by atoms with Crippen molar-refractivity contribution in [1.29, 1.82) is 0 Å². The molecule has 174 valence electrons. The van der Waals surface area contributed by atoms with E-state index in [1.165, 1.54) is 11.9 Å². The zero-order valence-electron chi connectivity index (χ0n) is 18.5. The summed E-state index contributed by atoms with van der Waals surface area (Å²) < 4.78 is 5.22. The van der Waals surface area contributed by atoms with E-state index in [2.05, 4.69) is 5.32 Å². The van der Waals surface area contributed by atoms with Crippen LogP contribution in [0, 0.1) is 11.3 Å². The van der Waals surface area contributed by atoms with Gasteiger partial charge in [-0.1, -0.05) is 23.7 Å². The van der Waals surface area contributed by atoms with Gasteiger partial charge in [-0.15, -0.1) is 0 Å². The van der Waals surface area contributed by atoms with Crippen molar-refractivity contribution in [2.24, 2.45) is 11.3 Å². The first-order chi connectivity index (χ1) is 15.2. The number of halogens is 1. The maximum absolute atomic E-state index is 14.0. The molecular weight excluding hydrogens is 434 g/mol. The summed E-state index contributed by atoms with van der Waals surface area (Å²) in [6, 6.07) is 7.25. The standard InChI is InChI=1S/C23H30ClN3O5/c1-22(13-32-14-22)20(29)27-9-7-16(8-10-27)19(28)23(26(2)21(30)31)12-25-11-18(23)15-3-5-17(24)6-4-15/h3-6,16,18,25H,7-14H2,1-2H3,(H,30,31)/t18-,23+/m0/s1. The van der Waals surface area contributed by atoms with Gasteiger partial charge in [-0.2, -0.15) is 0 Å². The Morgan fingerprint density at radius 3 is 2.34 bits per heavy atom. The van der Waals surface area contributed by atoms with Crippen LogP contribution in [0.15, 0.2) is 24.3 Å². The molecule has 0 spiro atoms. The maximum Gasteiger partial charge on any atom is 0.407 e. The normalized spacial score (nSPS) is 27.6. The first-order valence-electron chi connectivity index (χ1n) is 11.0. The molecule has 8 nitrogen and oxygen atoms in total. The number of hydrogen-bond acceptors (Lipinski definition) is 5. The summed E-state index contributed by atoms with van der Waals surface area (Å²) in [4.78, 5) is 41.8. The number of hydrogen-bond donors (Lipinski definition) is 2. The lowest BCUT2D eigenvalue weighted by atomic mass is 9.72. The smallest absolute Gasteiger partial charge is 0.407 e. The van der Waals surface area contributed by atoms with Gasteiger partial charge in [0.05, 0.1) is 18.6 Å². The average molecular weight is 464 g/mol. The number of rotatable bonds is 5. The summed E-state index contributed by atoms with van der Waals surface area (Å²) in [6.07, 6.45) is -0.0692. The van der Waals surface area contributed by atoms with Crippen molar-refractivity contribution >= 4 is 29.4 Å². The van der Waals surface area contributed by atoms with Gasteiger partial charge in [0.2, 0.25) is 5.91 Å². The molecule has 0 aromatic heterocycles. The maximum atomic E-state index is 14.0. The Bertz CT molecular complexity index is 895. The first-order valence-corrected chi connectivity index (χ1v) is 11.4. The fraction of sp³-hybridized carbons (Fsp3) is 0.609. The fourth-order valence-corrected chi connectivity index (χ4v) is 5.47. The molecule has 3 aliphatic heterocycles. The van der Waals surface area contributed by atoms with Crippen LogP contribution >= 0.6 is 11.6 Å². The summed E-state index contributed by atoms with van der Waals surface area (Å²) >= 11 is 6.05. The molecule has 0 bridgehead atoms. The van der Waals surface area contributed by atoms with Crippen LogP contribution in [0.5, 0.6) is 0 Å². The van der Waals surface area contributed by atoms with Crippen molar-refractivity contribution in [3.8, 4) is 0 Å². The summed E-state index contributed by atoms with van der Waals surface area (Å²) in [7, 11) is 1.48. The van der Waals surface area contributed by atoms with Crippen molar-refractivity contribution in [3.05, 3.63) is 34.9 Å². The lowest BCUT2D eigenvalue weighted by Crippen LogP contribution is -2.62. The minimum Gasteiger partial charge on any atom is -0.465 e. The summed E-state index contributed by atoms with van der Waals surface area (Å²) in [5.41, 5.74) is -0.785. The van der Waals surface area contributed by atoms with Gasteiger partial charge in [-0.25, -0.2) is 4.79 Å². The predicted octanol–water partition coefficient (Wildman–Crippen LogP) is 2.22. The molecule has 0 aliphatic carbocycles. The van der Waals surface area contributed by atoms with Crippen molar-refractivity contribution < 1.29 is 24.2 Å². The number of carboxylic acid groups (broad SMARTS) is 1.